The zero-order valence-electron chi connectivity index (χ0n) is 12.4. The van der Waals surface area contributed by atoms with Crippen LogP contribution in [-0.2, 0) is 4.74 Å². The van der Waals surface area contributed by atoms with Crippen LogP contribution in [0.15, 0.2) is 4.52 Å². The van der Waals surface area contributed by atoms with Gasteiger partial charge in [0.05, 0.1) is 19.1 Å². The molecule has 0 bridgehead atoms. The van der Waals surface area contributed by atoms with E-state index in [0.717, 1.165) is 17.7 Å². The molecule has 2 unspecified atom stereocenters. The molecule has 2 fully saturated rings. The molecule has 3 rings (SSSR count). The topological polar surface area (TPSA) is 74.2 Å². The Bertz CT molecular complexity index is 438. The highest BCUT2D eigenvalue weighted by Gasteiger charge is 2.33. The Kier molecular flexibility index (Phi) is 4.08. The van der Waals surface area contributed by atoms with E-state index in [2.05, 4.69) is 24.0 Å². The minimum atomic E-state index is -0.0139. The largest absolute Gasteiger partial charge is 0.379 e. The molecule has 0 spiro atoms. The SMILES string of the molecule is CC(C)C1CCC(c2noc(C3COCC3N)n2)CC1. The maximum absolute atomic E-state index is 6.00. The van der Waals surface area contributed by atoms with Gasteiger partial charge in [-0.25, -0.2) is 0 Å². The summed E-state index contributed by atoms with van der Waals surface area (Å²) in [6, 6.07) is -0.0139. The lowest BCUT2D eigenvalue weighted by molar-refractivity contribution is 0.187. The average Bonchev–Trinajstić information content (AvgIpc) is 3.07. The summed E-state index contributed by atoms with van der Waals surface area (Å²) in [4.78, 5) is 4.60. The van der Waals surface area contributed by atoms with Gasteiger partial charge in [0.15, 0.2) is 5.82 Å². The van der Waals surface area contributed by atoms with E-state index < -0.39 is 0 Å². The average molecular weight is 279 g/mol. The van der Waals surface area contributed by atoms with Gasteiger partial charge in [-0.3, -0.25) is 0 Å². The standard InChI is InChI=1S/C15H25N3O2/c1-9(2)10-3-5-11(6-4-10)14-17-15(20-18-14)12-7-19-8-13(12)16/h9-13H,3-8,16H2,1-2H3. The molecule has 112 valence electrons. The maximum Gasteiger partial charge on any atom is 0.233 e. The van der Waals surface area contributed by atoms with Crippen molar-refractivity contribution in [1.82, 2.24) is 10.1 Å². The van der Waals surface area contributed by atoms with E-state index in [0.29, 0.717) is 25.0 Å². The summed E-state index contributed by atoms with van der Waals surface area (Å²) in [5, 5.41) is 4.19. The number of nitrogens with zero attached hydrogens (tertiary/aromatic N) is 2. The molecule has 20 heavy (non-hydrogen) atoms. The first-order chi connectivity index (χ1) is 9.65. The first-order valence-electron chi connectivity index (χ1n) is 7.82. The lowest BCUT2D eigenvalue weighted by atomic mass is 9.77. The predicted molar refractivity (Wildman–Crippen MR) is 75.4 cm³/mol. The quantitative estimate of drug-likeness (QED) is 0.920. The molecule has 2 atom stereocenters. The second kappa shape index (κ2) is 5.82. The molecular formula is C15H25N3O2. The Morgan fingerprint density at radius 2 is 1.90 bits per heavy atom. The van der Waals surface area contributed by atoms with Crippen LogP contribution in [-0.4, -0.2) is 29.4 Å². The van der Waals surface area contributed by atoms with Gasteiger partial charge in [0, 0.05) is 12.0 Å². The van der Waals surface area contributed by atoms with Gasteiger partial charge in [-0.15, -0.1) is 0 Å². The van der Waals surface area contributed by atoms with Crippen LogP contribution in [0.4, 0.5) is 0 Å². The van der Waals surface area contributed by atoms with Crippen LogP contribution in [0.3, 0.4) is 0 Å². The summed E-state index contributed by atoms with van der Waals surface area (Å²) in [5.41, 5.74) is 6.00. The Hall–Kier alpha value is -0.940. The van der Waals surface area contributed by atoms with Crippen molar-refractivity contribution in [2.75, 3.05) is 13.2 Å². The third-order valence-electron chi connectivity index (χ3n) is 4.98. The van der Waals surface area contributed by atoms with Gasteiger partial charge in [-0.05, 0) is 37.5 Å². The van der Waals surface area contributed by atoms with E-state index in [9.17, 15) is 0 Å². The third-order valence-corrected chi connectivity index (χ3v) is 4.98. The van der Waals surface area contributed by atoms with E-state index in [-0.39, 0.29) is 12.0 Å². The minimum Gasteiger partial charge on any atom is -0.379 e. The minimum absolute atomic E-state index is 0.0139. The molecule has 2 aliphatic rings. The number of aromatic nitrogens is 2. The number of hydrogen-bond donors (Lipinski definition) is 1. The van der Waals surface area contributed by atoms with Crippen molar-refractivity contribution in [2.45, 2.75) is 57.4 Å². The molecule has 0 aromatic carbocycles. The second-order valence-electron chi connectivity index (χ2n) is 6.65. The first kappa shape index (κ1) is 14.0. The molecule has 1 aromatic rings. The fourth-order valence-corrected chi connectivity index (χ4v) is 3.43. The van der Waals surface area contributed by atoms with Crippen molar-refractivity contribution in [3.05, 3.63) is 11.7 Å². The monoisotopic (exact) mass is 279 g/mol. The Labute approximate surface area is 120 Å². The Morgan fingerprint density at radius 3 is 2.50 bits per heavy atom. The number of ether oxygens (including phenoxy) is 1. The molecule has 1 aliphatic heterocycles. The molecule has 5 nitrogen and oxygen atoms in total. The molecule has 1 aromatic heterocycles. The van der Waals surface area contributed by atoms with Gasteiger partial charge in [0.1, 0.15) is 0 Å². The molecule has 5 heteroatoms. The number of hydrogen-bond acceptors (Lipinski definition) is 5. The summed E-state index contributed by atoms with van der Waals surface area (Å²) < 4.78 is 10.8. The highest BCUT2D eigenvalue weighted by Crippen LogP contribution is 2.38. The molecule has 2 heterocycles. The fourth-order valence-electron chi connectivity index (χ4n) is 3.43. The van der Waals surface area contributed by atoms with E-state index in [1.54, 1.807) is 0 Å². The van der Waals surface area contributed by atoms with E-state index in [1.807, 2.05) is 0 Å². The molecule has 0 radical (unpaired) electrons. The molecule has 2 N–H and O–H groups in total. The van der Waals surface area contributed by atoms with Gasteiger partial charge in [0.2, 0.25) is 5.89 Å². The van der Waals surface area contributed by atoms with Crippen LogP contribution in [0.1, 0.15) is 63.1 Å². The predicted octanol–water partition coefficient (Wildman–Crippen LogP) is 2.44. The summed E-state index contributed by atoms with van der Waals surface area (Å²) in [6.45, 7) is 5.82. The van der Waals surface area contributed by atoms with Crippen molar-refractivity contribution < 1.29 is 9.26 Å². The van der Waals surface area contributed by atoms with Gasteiger partial charge < -0.3 is 15.0 Å². The smallest absolute Gasteiger partial charge is 0.233 e. The van der Waals surface area contributed by atoms with Gasteiger partial charge in [-0.1, -0.05) is 19.0 Å². The van der Waals surface area contributed by atoms with Crippen LogP contribution >= 0.6 is 0 Å². The van der Waals surface area contributed by atoms with Gasteiger partial charge >= 0.3 is 0 Å². The van der Waals surface area contributed by atoms with Crippen molar-refractivity contribution >= 4 is 0 Å². The normalized spacial score (nSPS) is 34.8. The third kappa shape index (κ3) is 2.74. The lowest BCUT2D eigenvalue weighted by Gasteiger charge is -2.29. The number of rotatable bonds is 3. The van der Waals surface area contributed by atoms with E-state index >= 15 is 0 Å². The van der Waals surface area contributed by atoms with Gasteiger partial charge in [-0.2, -0.15) is 4.98 Å². The van der Waals surface area contributed by atoms with E-state index in [1.165, 1.54) is 25.7 Å². The Balaban J connectivity index is 1.63. The summed E-state index contributed by atoms with van der Waals surface area (Å²) in [6.07, 6.45) is 4.90. The molecular weight excluding hydrogens is 254 g/mol. The highest BCUT2D eigenvalue weighted by atomic mass is 16.5. The van der Waals surface area contributed by atoms with Crippen LogP contribution < -0.4 is 5.73 Å². The molecule has 0 amide bonds. The first-order valence-corrected chi connectivity index (χ1v) is 7.82. The van der Waals surface area contributed by atoms with Crippen molar-refractivity contribution in [1.29, 1.82) is 0 Å². The van der Waals surface area contributed by atoms with Crippen LogP contribution in [0.2, 0.25) is 0 Å². The zero-order chi connectivity index (χ0) is 14.1. The van der Waals surface area contributed by atoms with E-state index in [4.69, 9.17) is 15.0 Å². The summed E-state index contributed by atoms with van der Waals surface area (Å²) in [5.74, 6) is 3.71. The van der Waals surface area contributed by atoms with Crippen LogP contribution in [0.5, 0.6) is 0 Å². The maximum atomic E-state index is 6.00. The van der Waals surface area contributed by atoms with Crippen molar-refractivity contribution in [3.8, 4) is 0 Å². The number of nitrogens with two attached hydrogens (primary N) is 1. The Morgan fingerprint density at radius 1 is 1.15 bits per heavy atom. The lowest BCUT2D eigenvalue weighted by Crippen LogP contribution is -2.27. The highest BCUT2D eigenvalue weighted by molar-refractivity contribution is 5.05. The molecule has 1 saturated heterocycles. The van der Waals surface area contributed by atoms with Gasteiger partial charge in [0.25, 0.3) is 0 Å². The second-order valence-corrected chi connectivity index (χ2v) is 6.65. The summed E-state index contributed by atoms with van der Waals surface area (Å²) in [7, 11) is 0. The molecule has 1 aliphatic carbocycles. The summed E-state index contributed by atoms with van der Waals surface area (Å²) >= 11 is 0. The molecule has 1 saturated carbocycles. The zero-order valence-corrected chi connectivity index (χ0v) is 12.4. The van der Waals surface area contributed by atoms with Crippen molar-refractivity contribution in [2.24, 2.45) is 17.6 Å². The van der Waals surface area contributed by atoms with Crippen LogP contribution in [0, 0.1) is 11.8 Å². The van der Waals surface area contributed by atoms with Crippen LogP contribution in [0.25, 0.3) is 0 Å². The van der Waals surface area contributed by atoms with Crippen molar-refractivity contribution in [3.63, 3.8) is 0 Å². The fraction of sp³-hybridized carbons (Fsp3) is 0.867.